The Kier molecular flexibility index (Phi) is 4.88. The van der Waals surface area contributed by atoms with Gasteiger partial charge in [0.2, 0.25) is 0 Å². The molecule has 1 aromatic heterocycles. The summed E-state index contributed by atoms with van der Waals surface area (Å²) in [5.74, 6) is 0.00847. The number of rotatable bonds is 6. The minimum Gasteiger partial charge on any atom is -0.349 e. The number of nitrogens with zero attached hydrogens (tertiary/aromatic N) is 1. The van der Waals surface area contributed by atoms with Crippen molar-refractivity contribution in [3.05, 3.63) is 52.3 Å². The number of aromatic amines is 1. The fourth-order valence-electron chi connectivity index (χ4n) is 2.69. The molecule has 25 heavy (non-hydrogen) atoms. The largest absolute Gasteiger partial charge is 0.349 e. The van der Waals surface area contributed by atoms with Gasteiger partial charge in [-0.15, -0.1) is 0 Å². The molecule has 1 aliphatic carbocycles. The maximum atomic E-state index is 12.5. The van der Waals surface area contributed by atoms with Gasteiger partial charge in [-0.2, -0.15) is 5.10 Å². The number of benzene rings is 1. The summed E-state index contributed by atoms with van der Waals surface area (Å²) in [6.07, 6.45) is 2.14. The zero-order valence-corrected chi connectivity index (χ0v) is 14.8. The van der Waals surface area contributed by atoms with E-state index in [-0.39, 0.29) is 17.7 Å². The molecule has 1 aliphatic rings. The van der Waals surface area contributed by atoms with Crippen molar-refractivity contribution in [1.82, 2.24) is 20.8 Å². The molecule has 1 saturated carbocycles. The minimum absolute atomic E-state index is 0.0336. The number of amides is 2. The van der Waals surface area contributed by atoms with E-state index in [1.54, 1.807) is 12.1 Å². The van der Waals surface area contributed by atoms with Crippen LogP contribution in [-0.2, 0) is 6.54 Å². The Labute approximate surface area is 147 Å². The third-order valence-corrected chi connectivity index (χ3v) is 4.33. The van der Waals surface area contributed by atoms with Crippen molar-refractivity contribution in [2.24, 2.45) is 0 Å². The van der Waals surface area contributed by atoms with Gasteiger partial charge in [-0.1, -0.05) is 26.0 Å². The first-order chi connectivity index (χ1) is 12.0. The van der Waals surface area contributed by atoms with Crippen LogP contribution in [0.25, 0.3) is 0 Å². The molecule has 6 nitrogen and oxygen atoms in total. The van der Waals surface area contributed by atoms with Crippen molar-refractivity contribution in [3.63, 3.8) is 0 Å². The summed E-state index contributed by atoms with van der Waals surface area (Å²) in [6.45, 7) is 6.28. The first-order valence-corrected chi connectivity index (χ1v) is 8.68. The van der Waals surface area contributed by atoms with E-state index < -0.39 is 0 Å². The number of H-pyrrole nitrogens is 1. The second kappa shape index (κ2) is 7.09. The molecule has 0 atom stereocenters. The van der Waals surface area contributed by atoms with Crippen LogP contribution < -0.4 is 10.6 Å². The van der Waals surface area contributed by atoms with Crippen molar-refractivity contribution in [3.8, 4) is 0 Å². The van der Waals surface area contributed by atoms with Crippen molar-refractivity contribution in [1.29, 1.82) is 0 Å². The summed E-state index contributed by atoms with van der Waals surface area (Å²) < 4.78 is 0. The maximum Gasteiger partial charge on any atom is 0.255 e. The highest BCUT2D eigenvalue weighted by atomic mass is 16.2. The standard InChI is InChI=1S/C19H24N4O2/c1-11(2)17-16(12(3)22-23-17)19(25)20-10-13-4-6-14(7-5-13)18(24)21-15-8-9-15/h4-7,11,15H,8-10H2,1-3H3,(H,20,25)(H,21,24)(H,22,23). The van der Waals surface area contributed by atoms with Crippen LogP contribution in [0.5, 0.6) is 0 Å². The van der Waals surface area contributed by atoms with Crippen LogP contribution in [0.2, 0.25) is 0 Å². The Hall–Kier alpha value is -2.63. The lowest BCUT2D eigenvalue weighted by Crippen LogP contribution is -2.26. The van der Waals surface area contributed by atoms with Crippen LogP contribution in [0, 0.1) is 6.92 Å². The third-order valence-electron chi connectivity index (χ3n) is 4.33. The van der Waals surface area contributed by atoms with E-state index in [1.165, 1.54) is 0 Å². The van der Waals surface area contributed by atoms with Gasteiger partial charge in [0.15, 0.2) is 0 Å². The van der Waals surface area contributed by atoms with Crippen molar-refractivity contribution in [2.45, 2.75) is 52.1 Å². The van der Waals surface area contributed by atoms with Crippen molar-refractivity contribution in [2.75, 3.05) is 0 Å². The average molecular weight is 340 g/mol. The quantitative estimate of drug-likeness (QED) is 0.755. The van der Waals surface area contributed by atoms with Gasteiger partial charge in [0, 0.05) is 23.8 Å². The van der Waals surface area contributed by atoms with E-state index in [2.05, 4.69) is 20.8 Å². The molecule has 1 heterocycles. The van der Waals surface area contributed by atoms with Gasteiger partial charge in [0.1, 0.15) is 0 Å². The number of nitrogens with one attached hydrogen (secondary N) is 3. The summed E-state index contributed by atoms with van der Waals surface area (Å²) in [7, 11) is 0. The summed E-state index contributed by atoms with van der Waals surface area (Å²) in [4.78, 5) is 24.5. The first kappa shape index (κ1) is 17.2. The predicted molar refractivity (Wildman–Crippen MR) is 95.5 cm³/mol. The van der Waals surface area contributed by atoms with Crippen LogP contribution in [-0.4, -0.2) is 28.1 Å². The van der Waals surface area contributed by atoms with Gasteiger partial charge in [0.05, 0.1) is 11.3 Å². The van der Waals surface area contributed by atoms with E-state index in [9.17, 15) is 9.59 Å². The molecule has 0 unspecified atom stereocenters. The molecule has 0 aliphatic heterocycles. The smallest absolute Gasteiger partial charge is 0.255 e. The molecule has 0 bridgehead atoms. The molecule has 3 rings (SSSR count). The zero-order valence-electron chi connectivity index (χ0n) is 14.8. The van der Waals surface area contributed by atoms with E-state index in [4.69, 9.17) is 0 Å². The molecule has 3 N–H and O–H groups in total. The molecule has 2 aromatic rings. The SMILES string of the molecule is Cc1[nH]nc(C(C)C)c1C(=O)NCc1ccc(C(=O)NC2CC2)cc1. The highest BCUT2D eigenvalue weighted by Crippen LogP contribution is 2.20. The molecule has 0 spiro atoms. The fraction of sp³-hybridized carbons (Fsp3) is 0.421. The molecule has 1 aromatic carbocycles. The van der Waals surface area contributed by atoms with E-state index >= 15 is 0 Å². The summed E-state index contributed by atoms with van der Waals surface area (Å²) >= 11 is 0. The second-order valence-corrected chi connectivity index (χ2v) is 6.89. The first-order valence-electron chi connectivity index (χ1n) is 8.68. The summed E-state index contributed by atoms with van der Waals surface area (Å²) in [5, 5.41) is 13.0. The second-order valence-electron chi connectivity index (χ2n) is 6.89. The van der Waals surface area contributed by atoms with Gasteiger partial charge in [0.25, 0.3) is 11.8 Å². The Balaban J connectivity index is 1.60. The van der Waals surface area contributed by atoms with Crippen LogP contribution in [0.15, 0.2) is 24.3 Å². The Morgan fingerprint density at radius 2 is 1.88 bits per heavy atom. The normalized spacial score (nSPS) is 13.8. The summed E-state index contributed by atoms with van der Waals surface area (Å²) in [6, 6.07) is 7.67. The molecule has 132 valence electrons. The number of carbonyl (C=O) groups is 2. The monoisotopic (exact) mass is 340 g/mol. The molecule has 0 radical (unpaired) electrons. The van der Waals surface area contributed by atoms with Crippen molar-refractivity contribution >= 4 is 11.8 Å². The number of aromatic nitrogens is 2. The van der Waals surface area contributed by atoms with E-state index in [0.717, 1.165) is 29.8 Å². The number of aryl methyl sites for hydroxylation is 1. The Bertz CT molecular complexity index is 773. The fourth-order valence-corrected chi connectivity index (χ4v) is 2.69. The van der Waals surface area contributed by atoms with E-state index in [1.807, 2.05) is 32.9 Å². The van der Waals surface area contributed by atoms with Gasteiger partial charge in [-0.3, -0.25) is 14.7 Å². The molecule has 1 fully saturated rings. The Morgan fingerprint density at radius 3 is 2.48 bits per heavy atom. The third kappa shape index (κ3) is 4.07. The maximum absolute atomic E-state index is 12.5. The highest BCUT2D eigenvalue weighted by molar-refractivity contribution is 5.96. The minimum atomic E-state index is -0.134. The molecular weight excluding hydrogens is 316 g/mol. The van der Waals surface area contributed by atoms with Crippen LogP contribution in [0.1, 0.15) is 70.3 Å². The van der Waals surface area contributed by atoms with Crippen LogP contribution in [0.4, 0.5) is 0 Å². The summed E-state index contributed by atoms with van der Waals surface area (Å²) in [5.41, 5.74) is 3.77. The van der Waals surface area contributed by atoms with Crippen molar-refractivity contribution < 1.29 is 9.59 Å². The van der Waals surface area contributed by atoms with Gasteiger partial charge in [-0.25, -0.2) is 0 Å². The molecule has 2 amide bonds. The zero-order chi connectivity index (χ0) is 18.0. The molecule has 0 saturated heterocycles. The van der Waals surface area contributed by atoms with E-state index in [0.29, 0.717) is 23.7 Å². The molecule has 6 heteroatoms. The van der Waals surface area contributed by atoms with Crippen LogP contribution in [0.3, 0.4) is 0 Å². The number of carbonyl (C=O) groups excluding carboxylic acids is 2. The topological polar surface area (TPSA) is 86.9 Å². The molecular formula is C19H24N4O2. The van der Waals surface area contributed by atoms with Gasteiger partial charge < -0.3 is 10.6 Å². The van der Waals surface area contributed by atoms with Gasteiger partial charge >= 0.3 is 0 Å². The lowest BCUT2D eigenvalue weighted by molar-refractivity contribution is 0.0940. The van der Waals surface area contributed by atoms with Crippen LogP contribution >= 0.6 is 0 Å². The number of hydrogen-bond acceptors (Lipinski definition) is 3. The van der Waals surface area contributed by atoms with Gasteiger partial charge in [-0.05, 0) is 43.4 Å². The predicted octanol–water partition coefficient (Wildman–Crippen LogP) is 2.66. The lowest BCUT2D eigenvalue weighted by atomic mass is 10.0. The highest BCUT2D eigenvalue weighted by Gasteiger charge is 2.23. The lowest BCUT2D eigenvalue weighted by Gasteiger charge is -2.09. The Morgan fingerprint density at radius 1 is 1.20 bits per heavy atom. The number of hydrogen-bond donors (Lipinski definition) is 3. The average Bonchev–Trinajstić information content (AvgIpc) is 3.31.